The lowest BCUT2D eigenvalue weighted by molar-refractivity contribution is 0.186. The Morgan fingerprint density at radius 2 is 0.941 bits per heavy atom. The fourth-order valence-electron chi connectivity index (χ4n) is 0.284. The van der Waals surface area contributed by atoms with Gasteiger partial charge in [-0.2, -0.15) is 8.62 Å². The summed E-state index contributed by atoms with van der Waals surface area (Å²) in [6, 6.07) is 0. The van der Waals surface area contributed by atoms with E-state index in [9.17, 15) is 13.7 Å². The van der Waals surface area contributed by atoms with Crippen molar-refractivity contribution in [3.63, 3.8) is 0 Å². The zero-order valence-electron chi connectivity index (χ0n) is 7.93. The third kappa shape index (κ3) is 18.9. The summed E-state index contributed by atoms with van der Waals surface area (Å²) in [7, 11) is -16.2. The molecule has 17 heavy (non-hydrogen) atoms. The van der Waals surface area contributed by atoms with Crippen molar-refractivity contribution in [3.05, 3.63) is 0 Å². The van der Waals surface area contributed by atoms with Gasteiger partial charge in [-0.3, -0.25) is 0 Å². The predicted molar refractivity (Wildman–Crippen MR) is 50.3 cm³/mol. The van der Waals surface area contributed by atoms with Crippen LogP contribution >= 0.6 is 23.5 Å². The number of rotatable bonds is 5. The highest BCUT2D eigenvalue weighted by Gasteiger charge is 2.38. The van der Waals surface area contributed by atoms with Crippen molar-refractivity contribution in [1.82, 2.24) is 0 Å². The monoisotopic (exact) mass is 320 g/mol. The smallest absolute Gasteiger partial charge is 0.394 e. The van der Waals surface area contributed by atoms with E-state index < -0.39 is 23.5 Å². The van der Waals surface area contributed by atoms with Crippen LogP contribution in [0.3, 0.4) is 0 Å². The van der Waals surface area contributed by atoms with E-state index in [0.29, 0.717) is 0 Å². The molecule has 0 heterocycles. The van der Waals surface area contributed by atoms with Crippen molar-refractivity contribution in [2.45, 2.75) is 0 Å². The van der Waals surface area contributed by atoms with Crippen LogP contribution < -0.4 is 0 Å². The van der Waals surface area contributed by atoms with Gasteiger partial charge in [0.25, 0.3) is 0 Å². The summed E-state index contributed by atoms with van der Waals surface area (Å²) in [4.78, 5) is 40.2. The molecule has 0 unspecified atom stereocenters. The maximum absolute atomic E-state index is 10.4. The number of aliphatic hydroxyl groups is 2. The Bertz CT molecular complexity index is 306. The molecule has 7 N–H and O–H groups in total. The third-order valence-corrected chi connectivity index (χ3v) is 3.87. The van der Waals surface area contributed by atoms with Gasteiger partial charge in [0.15, 0.2) is 0 Å². The van der Waals surface area contributed by atoms with Crippen molar-refractivity contribution in [1.29, 1.82) is 0 Å². The summed E-state index contributed by atoms with van der Waals surface area (Å²) in [5, 5.41) is 15.2. The van der Waals surface area contributed by atoms with Crippen molar-refractivity contribution in [2.75, 3.05) is 13.2 Å². The SMILES string of the molecule is O=P(O)(O)OP(=O)(O)OP(=O)(O)O.OCCO. The third-order valence-electron chi connectivity index (χ3n) is 0.519. The second-order valence-corrected chi connectivity index (χ2v) is 6.27. The molecule has 0 amide bonds. The molecule has 0 rings (SSSR count). The molecule has 0 saturated carbocycles. The van der Waals surface area contributed by atoms with E-state index in [0.717, 1.165) is 0 Å². The number of hydrogen-bond acceptors (Lipinski definition) is 7. The highest BCUT2D eigenvalue weighted by molar-refractivity contribution is 7.66. The summed E-state index contributed by atoms with van der Waals surface area (Å²) in [6.07, 6.45) is 0. The Hall–Kier alpha value is 0.330. The van der Waals surface area contributed by atoms with Crippen LogP contribution in [0.25, 0.3) is 0 Å². The van der Waals surface area contributed by atoms with Crippen molar-refractivity contribution >= 4 is 23.5 Å². The molecule has 106 valence electrons. The molecule has 0 bridgehead atoms. The molecular formula is C2H11O12P3. The van der Waals surface area contributed by atoms with Crippen molar-refractivity contribution in [3.8, 4) is 0 Å². The van der Waals surface area contributed by atoms with Gasteiger partial charge in [-0.25, -0.2) is 13.7 Å². The first-order chi connectivity index (χ1) is 7.33. The average molecular weight is 320 g/mol. The van der Waals surface area contributed by atoms with Crippen LogP contribution in [0.5, 0.6) is 0 Å². The van der Waals surface area contributed by atoms with E-state index in [2.05, 4.69) is 8.62 Å². The fraction of sp³-hybridized carbons (Fsp3) is 1.00. The van der Waals surface area contributed by atoms with Crippen LogP contribution in [-0.2, 0) is 22.3 Å². The minimum atomic E-state index is -5.46. The molecule has 0 radical (unpaired) electrons. The molecule has 12 nitrogen and oxygen atoms in total. The standard InChI is InChI=1S/C2H6O2.H5O10P3/c3-1-2-4;1-11(2,3)9-13(7,8)10-12(4,5)6/h3-4H,1-2H2;(H,7,8)(H2,1,2,3)(H2,4,5,6). The van der Waals surface area contributed by atoms with Gasteiger partial charge >= 0.3 is 23.5 Å². The molecule has 0 fully saturated rings. The molecule has 0 aromatic carbocycles. The molecule has 0 aliphatic heterocycles. The molecule has 15 heteroatoms. The lowest BCUT2D eigenvalue weighted by Gasteiger charge is -2.11. The summed E-state index contributed by atoms with van der Waals surface area (Å²) >= 11 is 0. The molecule has 0 saturated heterocycles. The maximum atomic E-state index is 10.4. The van der Waals surface area contributed by atoms with Gasteiger partial charge in [-0.1, -0.05) is 0 Å². The first-order valence-electron chi connectivity index (χ1n) is 3.41. The number of phosphoric acid groups is 3. The molecule has 0 atom stereocenters. The number of aliphatic hydroxyl groups excluding tert-OH is 2. The Morgan fingerprint density at radius 3 is 1.06 bits per heavy atom. The average Bonchev–Trinajstić information content (AvgIpc) is 1.94. The maximum Gasteiger partial charge on any atom is 0.490 e. The van der Waals surface area contributed by atoms with Gasteiger partial charge in [-0.05, 0) is 0 Å². The van der Waals surface area contributed by atoms with E-state index in [1.807, 2.05) is 0 Å². The van der Waals surface area contributed by atoms with E-state index >= 15 is 0 Å². The van der Waals surface area contributed by atoms with E-state index in [1.165, 1.54) is 0 Å². The Labute approximate surface area is 94.5 Å². The highest BCUT2D eigenvalue weighted by Crippen LogP contribution is 2.64. The van der Waals surface area contributed by atoms with Crippen LogP contribution in [0, 0.1) is 0 Å². The van der Waals surface area contributed by atoms with E-state index in [1.54, 1.807) is 0 Å². The number of hydrogen-bond donors (Lipinski definition) is 7. The van der Waals surface area contributed by atoms with Gasteiger partial charge in [0, 0.05) is 0 Å². The summed E-state index contributed by atoms with van der Waals surface area (Å²) in [5.74, 6) is 0. The summed E-state index contributed by atoms with van der Waals surface area (Å²) in [6.45, 7) is -0.250. The van der Waals surface area contributed by atoms with Gasteiger partial charge in [0.2, 0.25) is 0 Å². The lowest BCUT2D eigenvalue weighted by atomic mass is 10.8. The fourth-order valence-corrected chi connectivity index (χ4v) is 2.82. The van der Waals surface area contributed by atoms with Crippen LogP contribution in [0.1, 0.15) is 0 Å². The first kappa shape index (κ1) is 19.7. The van der Waals surface area contributed by atoms with Crippen LogP contribution in [0.15, 0.2) is 0 Å². The lowest BCUT2D eigenvalue weighted by Crippen LogP contribution is -1.91. The predicted octanol–water partition coefficient (Wildman–Crippen LogP) is -1.72. The molecule has 0 aliphatic carbocycles. The molecule has 0 spiro atoms. The minimum Gasteiger partial charge on any atom is -0.394 e. The van der Waals surface area contributed by atoms with Crippen LogP contribution in [0.2, 0.25) is 0 Å². The minimum absolute atomic E-state index is 0.125. The van der Waals surface area contributed by atoms with Crippen LogP contribution in [0.4, 0.5) is 0 Å². The van der Waals surface area contributed by atoms with Gasteiger partial charge in [0.1, 0.15) is 0 Å². The van der Waals surface area contributed by atoms with E-state index in [-0.39, 0.29) is 13.2 Å². The zero-order chi connectivity index (χ0) is 14.3. The Balaban J connectivity index is 0. The largest absolute Gasteiger partial charge is 0.490 e. The summed E-state index contributed by atoms with van der Waals surface area (Å²) in [5.41, 5.74) is 0. The van der Waals surface area contributed by atoms with Gasteiger partial charge in [-0.15, -0.1) is 0 Å². The molecule has 0 aliphatic rings. The quantitative estimate of drug-likeness (QED) is 0.282. The van der Waals surface area contributed by atoms with E-state index in [4.69, 9.17) is 34.7 Å². The Morgan fingerprint density at radius 1 is 0.706 bits per heavy atom. The summed E-state index contributed by atoms with van der Waals surface area (Å²) < 4.78 is 36.4. The highest BCUT2D eigenvalue weighted by atomic mass is 31.3. The second-order valence-electron chi connectivity index (χ2n) is 2.06. The molecular weight excluding hydrogens is 309 g/mol. The normalized spacial score (nSPS) is 12.9. The first-order valence-corrected chi connectivity index (χ1v) is 7.97. The van der Waals surface area contributed by atoms with Crippen LogP contribution in [-0.4, -0.2) is 47.9 Å². The van der Waals surface area contributed by atoms with Gasteiger partial charge in [0.05, 0.1) is 13.2 Å². The Kier molecular flexibility index (Phi) is 8.90. The van der Waals surface area contributed by atoms with Crippen molar-refractivity contribution < 1.29 is 57.0 Å². The topological polar surface area (TPSA) is 211 Å². The second kappa shape index (κ2) is 7.70. The van der Waals surface area contributed by atoms with Crippen molar-refractivity contribution in [2.24, 2.45) is 0 Å². The molecule has 0 aromatic rings. The molecule has 0 aromatic heterocycles. The zero-order valence-corrected chi connectivity index (χ0v) is 10.6. The van der Waals surface area contributed by atoms with Gasteiger partial charge < -0.3 is 34.7 Å².